The molecule has 0 amide bonds. The lowest BCUT2D eigenvalue weighted by Crippen LogP contribution is -2.10. The van der Waals surface area contributed by atoms with Crippen LogP contribution in [0.4, 0.5) is 5.95 Å². The van der Waals surface area contributed by atoms with E-state index in [1.54, 1.807) is 7.11 Å². The molecular weight excluding hydrogens is 266 g/mol. The Balaban J connectivity index is 2.27. The number of aromatic nitrogens is 2. The normalized spacial score (nSPS) is 15.1. The number of rotatable bonds is 4. The van der Waals surface area contributed by atoms with Crippen LogP contribution in [0.5, 0.6) is 5.88 Å². The third-order valence-corrected chi connectivity index (χ3v) is 3.09. The van der Waals surface area contributed by atoms with Crippen LogP contribution in [0.1, 0.15) is 19.8 Å². The fourth-order valence-corrected chi connectivity index (χ4v) is 2.01. The number of allylic oxidation sites excluding steroid dienone is 3. The Morgan fingerprint density at radius 3 is 2.74 bits per heavy atom. The zero-order valence-corrected chi connectivity index (χ0v) is 11.9. The smallest absolute Gasteiger partial charge is 0.237 e. The molecule has 19 heavy (non-hydrogen) atoms. The second-order valence-corrected chi connectivity index (χ2v) is 4.61. The molecule has 0 unspecified atom stereocenters. The van der Waals surface area contributed by atoms with E-state index in [2.05, 4.69) is 22.2 Å². The molecule has 6 heteroatoms. The molecule has 0 bridgehead atoms. The minimum absolute atomic E-state index is 0.343. The highest BCUT2D eigenvalue weighted by Crippen LogP contribution is 2.26. The van der Waals surface area contributed by atoms with Crippen molar-refractivity contribution in [3.8, 4) is 5.88 Å². The molecule has 0 fully saturated rings. The number of anilines is 1. The molecule has 0 spiro atoms. The van der Waals surface area contributed by atoms with E-state index in [4.69, 9.17) is 21.1 Å². The third kappa shape index (κ3) is 3.17. The molecule has 0 aromatic carbocycles. The number of halogens is 1. The average molecular weight is 282 g/mol. The maximum atomic E-state index is 5.89. The highest BCUT2D eigenvalue weighted by atomic mass is 35.5. The fourth-order valence-electron chi connectivity index (χ4n) is 1.84. The molecule has 1 aromatic rings. The number of hydrogen-bond acceptors (Lipinski definition) is 5. The van der Waals surface area contributed by atoms with Crippen molar-refractivity contribution < 1.29 is 9.47 Å². The largest absolute Gasteiger partial charge is 0.499 e. The van der Waals surface area contributed by atoms with Crippen molar-refractivity contribution in [3.63, 3.8) is 0 Å². The van der Waals surface area contributed by atoms with E-state index in [1.807, 2.05) is 6.08 Å². The average Bonchev–Trinajstić information content (AvgIpc) is 2.41. The van der Waals surface area contributed by atoms with E-state index in [0.717, 1.165) is 24.3 Å². The highest BCUT2D eigenvalue weighted by molar-refractivity contribution is 6.31. The van der Waals surface area contributed by atoms with Gasteiger partial charge in [-0.1, -0.05) is 17.2 Å². The van der Waals surface area contributed by atoms with Gasteiger partial charge in [-0.3, -0.25) is 0 Å². The summed E-state index contributed by atoms with van der Waals surface area (Å²) in [6.07, 6.45) is 5.40. The van der Waals surface area contributed by atoms with E-state index in [0.29, 0.717) is 16.9 Å². The molecule has 1 aliphatic carbocycles. The molecule has 0 aliphatic heterocycles. The highest BCUT2D eigenvalue weighted by Gasteiger charge is 2.14. The molecule has 5 nitrogen and oxygen atoms in total. The van der Waals surface area contributed by atoms with Crippen LogP contribution in [0.15, 0.2) is 29.3 Å². The van der Waals surface area contributed by atoms with Gasteiger partial charge in [0.1, 0.15) is 10.8 Å². The summed E-state index contributed by atoms with van der Waals surface area (Å²) in [4.78, 5) is 8.30. The zero-order valence-electron chi connectivity index (χ0n) is 11.2. The van der Waals surface area contributed by atoms with Gasteiger partial charge in [0.15, 0.2) is 0 Å². The summed E-state index contributed by atoms with van der Waals surface area (Å²) >= 11 is 5.89. The minimum atomic E-state index is 0.343. The quantitative estimate of drug-likeness (QED) is 0.919. The monoisotopic (exact) mass is 281 g/mol. The van der Waals surface area contributed by atoms with Gasteiger partial charge in [0.2, 0.25) is 11.8 Å². The van der Waals surface area contributed by atoms with Crippen molar-refractivity contribution in [2.24, 2.45) is 0 Å². The van der Waals surface area contributed by atoms with Crippen LogP contribution in [0.25, 0.3) is 0 Å². The first-order valence-corrected chi connectivity index (χ1v) is 6.29. The number of ether oxygens (including phenoxy) is 2. The summed E-state index contributed by atoms with van der Waals surface area (Å²) in [5.41, 5.74) is 2.15. The Labute approximate surface area is 117 Å². The Morgan fingerprint density at radius 2 is 2.05 bits per heavy atom. The second kappa shape index (κ2) is 5.93. The van der Waals surface area contributed by atoms with Gasteiger partial charge >= 0.3 is 0 Å². The first-order chi connectivity index (χ1) is 9.13. The lowest BCUT2D eigenvalue weighted by Gasteiger charge is -2.18. The van der Waals surface area contributed by atoms with E-state index in [9.17, 15) is 0 Å². The van der Waals surface area contributed by atoms with Gasteiger partial charge in [0.25, 0.3) is 0 Å². The standard InChI is InChI=1S/C13H16ClN3O2/c1-8-4-5-11(18-2)10(6-8)16-13-15-7-9(14)12(17-13)19-3/h6-7H,4-5H2,1-3H3,(H,15,16,17). The molecule has 102 valence electrons. The van der Waals surface area contributed by atoms with Gasteiger partial charge in [0, 0.05) is 6.42 Å². The predicted molar refractivity (Wildman–Crippen MR) is 74.2 cm³/mol. The SMILES string of the molecule is COC1=C(Nc2ncc(Cl)c(OC)n2)C=C(C)CC1. The van der Waals surface area contributed by atoms with Gasteiger partial charge in [-0.25, -0.2) is 4.98 Å². The lowest BCUT2D eigenvalue weighted by molar-refractivity contribution is 0.272. The van der Waals surface area contributed by atoms with E-state index in [1.165, 1.54) is 18.9 Å². The van der Waals surface area contributed by atoms with Crippen molar-refractivity contribution in [2.75, 3.05) is 19.5 Å². The van der Waals surface area contributed by atoms with Crippen LogP contribution in [-0.2, 0) is 4.74 Å². The summed E-state index contributed by atoms with van der Waals surface area (Å²) in [6, 6.07) is 0. The summed E-state index contributed by atoms with van der Waals surface area (Å²) in [6.45, 7) is 2.08. The number of nitrogens with one attached hydrogen (secondary N) is 1. The van der Waals surface area contributed by atoms with E-state index in [-0.39, 0.29) is 0 Å². The molecule has 0 saturated heterocycles. The molecule has 1 N–H and O–H groups in total. The van der Waals surface area contributed by atoms with Crippen LogP contribution in [0.2, 0.25) is 5.02 Å². The van der Waals surface area contributed by atoms with E-state index >= 15 is 0 Å². The summed E-state index contributed by atoms with van der Waals surface area (Å²) in [5.74, 6) is 1.66. The molecular formula is C13H16ClN3O2. The molecule has 1 aliphatic rings. The van der Waals surface area contributed by atoms with Crippen LogP contribution in [0.3, 0.4) is 0 Å². The Hall–Kier alpha value is -1.75. The second-order valence-electron chi connectivity index (χ2n) is 4.21. The first-order valence-electron chi connectivity index (χ1n) is 5.92. The predicted octanol–water partition coefficient (Wildman–Crippen LogP) is 3.15. The molecule has 0 atom stereocenters. The van der Waals surface area contributed by atoms with Crippen molar-refractivity contribution >= 4 is 17.5 Å². The summed E-state index contributed by atoms with van der Waals surface area (Å²) < 4.78 is 10.4. The lowest BCUT2D eigenvalue weighted by atomic mass is 10.0. The van der Waals surface area contributed by atoms with Crippen molar-refractivity contribution in [1.82, 2.24) is 9.97 Å². The third-order valence-electron chi connectivity index (χ3n) is 2.84. The maximum Gasteiger partial charge on any atom is 0.237 e. The Morgan fingerprint density at radius 1 is 1.26 bits per heavy atom. The molecule has 1 heterocycles. The van der Waals surface area contributed by atoms with Crippen LogP contribution in [0, 0.1) is 0 Å². The van der Waals surface area contributed by atoms with Crippen LogP contribution < -0.4 is 10.1 Å². The van der Waals surface area contributed by atoms with Crippen molar-refractivity contribution in [2.45, 2.75) is 19.8 Å². The Kier molecular flexibility index (Phi) is 4.27. The summed E-state index contributed by atoms with van der Waals surface area (Å²) in [7, 11) is 3.18. The molecule has 1 aromatic heterocycles. The van der Waals surface area contributed by atoms with Crippen LogP contribution >= 0.6 is 11.6 Å². The van der Waals surface area contributed by atoms with Crippen molar-refractivity contribution in [1.29, 1.82) is 0 Å². The Bertz CT molecular complexity index is 541. The van der Waals surface area contributed by atoms with Crippen molar-refractivity contribution in [3.05, 3.63) is 34.3 Å². The fraction of sp³-hybridized carbons (Fsp3) is 0.385. The van der Waals surface area contributed by atoms with Gasteiger partial charge in [0.05, 0.1) is 26.1 Å². The van der Waals surface area contributed by atoms with E-state index < -0.39 is 0 Å². The van der Waals surface area contributed by atoms with Gasteiger partial charge in [-0.15, -0.1) is 0 Å². The summed E-state index contributed by atoms with van der Waals surface area (Å²) in [5, 5.41) is 3.51. The topological polar surface area (TPSA) is 56.3 Å². The minimum Gasteiger partial charge on any atom is -0.499 e. The molecule has 2 rings (SSSR count). The molecule has 0 saturated carbocycles. The molecule has 0 radical (unpaired) electrons. The number of hydrogen-bond donors (Lipinski definition) is 1. The first kappa shape index (κ1) is 13.7. The number of methoxy groups -OCH3 is 2. The van der Waals surface area contributed by atoms with Crippen LogP contribution in [-0.4, -0.2) is 24.2 Å². The zero-order chi connectivity index (χ0) is 13.8. The number of nitrogens with zero attached hydrogens (tertiary/aromatic N) is 2. The maximum absolute atomic E-state index is 5.89. The van der Waals surface area contributed by atoms with Gasteiger partial charge in [-0.2, -0.15) is 4.98 Å². The van der Waals surface area contributed by atoms with Gasteiger partial charge in [-0.05, 0) is 19.4 Å². The van der Waals surface area contributed by atoms with Gasteiger partial charge < -0.3 is 14.8 Å².